The highest BCUT2D eigenvalue weighted by Crippen LogP contribution is 2.39. The van der Waals surface area contributed by atoms with Crippen molar-refractivity contribution in [2.45, 2.75) is 51.4 Å². The molecule has 1 aliphatic carbocycles. The minimum atomic E-state index is -4.46. The van der Waals surface area contributed by atoms with E-state index >= 15 is 0 Å². The quantitative estimate of drug-likeness (QED) is 0.508. The van der Waals surface area contributed by atoms with Gasteiger partial charge in [-0.3, -0.25) is 9.78 Å². The van der Waals surface area contributed by atoms with E-state index in [1.807, 2.05) is 43.0 Å². The molecule has 0 radical (unpaired) electrons. The second-order valence-electron chi connectivity index (χ2n) is 9.26. The summed E-state index contributed by atoms with van der Waals surface area (Å²) in [4.78, 5) is 28.6. The second kappa shape index (κ2) is 8.94. The van der Waals surface area contributed by atoms with Gasteiger partial charge in [0.1, 0.15) is 11.8 Å². The summed E-state index contributed by atoms with van der Waals surface area (Å²) in [6.45, 7) is 4.39. The molecule has 3 aromatic heterocycles. The zero-order valence-corrected chi connectivity index (χ0v) is 19.4. The third-order valence-electron chi connectivity index (χ3n) is 6.82. The molecule has 3 aliphatic rings. The van der Waals surface area contributed by atoms with E-state index in [-0.39, 0.29) is 29.9 Å². The van der Waals surface area contributed by atoms with Crippen LogP contribution in [-0.2, 0) is 6.18 Å². The number of amides is 1. The molecule has 3 aromatic rings. The number of carbonyl (C=O) groups excluding carboxylic acids is 1. The zero-order chi connectivity index (χ0) is 24.7. The van der Waals surface area contributed by atoms with Gasteiger partial charge in [-0.25, -0.2) is 9.97 Å². The molecule has 35 heavy (non-hydrogen) atoms. The molecule has 3 atom stereocenters. The highest BCUT2D eigenvalue weighted by molar-refractivity contribution is 5.99. The van der Waals surface area contributed by atoms with Gasteiger partial charge in [-0.05, 0) is 68.9 Å². The fourth-order valence-electron chi connectivity index (χ4n) is 5.08. The summed E-state index contributed by atoms with van der Waals surface area (Å²) in [7, 11) is 0. The monoisotopic (exact) mass is 482 g/mol. The van der Waals surface area contributed by atoms with E-state index in [2.05, 4.69) is 15.0 Å². The normalized spacial score (nSPS) is 21.7. The van der Waals surface area contributed by atoms with E-state index in [1.165, 1.54) is 6.07 Å². The minimum Gasteiger partial charge on any atom is -0.472 e. The zero-order valence-electron chi connectivity index (χ0n) is 19.4. The van der Waals surface area contributed by atoms with E-state index in [4.69, 9.17) is 4.74 Å². The van der Waals surface area contributed by atoms with Crippen molar-refractivity contribution in [3.05, 3.63) is 71.3 Å². The Labute approximate surface area is 201 Å². The summed E-state index contributed by atoms with van der Waals surface area (Å²) in [5, 5.41) is 0. The maximum Gasteiger partial charge on any atom is 0.417 e. The lowest BCUT2D eigenvalue weighted by atomic mass is 9.77. The molecule has 0 spiro atoms. The number of nitrogens with zero attached hydrogens (tertiary/aromatic N) is 4. The summed E-state index contributed by atoms with van der Waals surface area (Å²) in [5.41, 5.74) is 2.60. The van der Waals surface area contributed by atoms with Crippen molar-refractivity contribution in [1.82, 2.24) is 19.9 Å². The number of piperidine rings is 2. The first-order chi connectivity index (χ1) is 16.7. The Hall–Kier alpha value is -3.49. The fourth-order valence-corrected chi connectivity index (χ4v) is 5.08. The van der Waals surface area contributed by atoms with Crippen LogP contribution in [0.3, 0.4) is 0 Å². The number of alkyl halides is 3. The largest absolute Gasteiger partial charge is 0.472 e. The number of aryl methyl sites for hydroxylation is 2. The molecule has 1 amide bonds. The molecule has 0 N–H and O–H groups in total. The van der Waals surface area contributed by atoms with Crippen LogP contribution < -0.4 is 4.74 Å². The average molecular weight is 483 g/mol. The van der Waals surface area contributed by atoms with E-state index in [0.717, 1.165) is 42.8 Å². The Kier molecular flexibility index (Phi) is 5.94. The van der Waals surface area contributed by atoms with Gasteiger partial charge in [-0.1, -0.05) is 6.07 Å². The number of fused-ring (bicyclic) bond motifs is 3. The van der Waals surface area contributed by atoms with Crippen molar-refractivity contribution in [2.75, 3.05) is 6.54 Å². The number of aromatic nitrogens is 3. The summed E-state index contributed by atoms with van der Waals surface area (Å²) >= 11 is 0. The van der Waals surface area contributed by atoms with Crippen molar-refractivity contribution in [2.24, 2.45) is 5.92 Å². The van der Waals surface area contributed by atoms with Crippen LogP contribution in [0.2, 0.25) is 0 Å². The number of halogens is 3. The topological polar surface area (TPSA) is 68.2 Å². The number of ether oxygens (including phenoxy) is 1. The highest BCUT2D eigenvalue weighted by Gasteiger charge is 2.45. The Morgan fingerprint density at radius 1 is 1.09 bits per heavy atom. The first kappa shape index (κ1) is 23.3. The maximum atomic E-state index is 13.8. The Bertz CT molecular complexity index is 1250. The van der Waals surface area contributed by atoms with Crippen molar-refractivity contribution in [3.63, 3.8) is 0 Å². The van der Waals surface area contributed by atoms with Crippen LogP contribution in [0.4, 0.5) is 13.2 Å². The fraction of sp³-hybridized carbons (Fsp3) is 0.385. The summed E-state index contributed by atoms with van der Waals surface area (Å²) in [6.07, 6.45) is 0.125. The van der Waals surface area contributed by atoms with Crippen LogP contribution in [0.25, 0.3) is 11.3 Å². The molecule has 0 aromatic carbocycles. The molecule has 6 nitrogen and oxygen atoms in total. The number of rotatable bonds is 4. The summed E-state index contributed by atoms with van der Waals surface area (Å²) in [6, 6.07) is 9.53. The van der Waals surface area contributed by atoms with Crippen LogP contribution in [0.1, 0.15) is 46.6 Å². The third kappa shape index (κ3) is 4.59. The van der Waals surface area contributed by atoms with E-state index in [0.29, 0.717) is 23.5 Å². The van der Waals surface area contributed by atoms with Gasteiger partial charge in [0.05, 0.1) is 17.3 Å². The minimum absolute atomic E-state index is 0.126. The van der Waals surface area contributed by atoms with Gasteiger partial charge >= 0.3 is 6.18 Å². The molecular formula is C26H25F3N4O2. The summed E-state index contributed by atoms with van der Waals surface area (Å²) < 4.78 is 44.7. The number of pyridine rings is 3. The molecule has 3 fully saturated rings. The maximum absolute atomic E-state index is 13.8. The van der Waals surface area contributed by atoms with E-state index < -0.39 is 11.7 Å². The Morgan fingerprint density at radius 3 is 2.60 bits per heavy atom. The molecule has 9 heteroatoms. The van der Waals surface area contributed by atoms with Gasteiger partial charge in [0.25, 0.3) is 5.91 Å². The predicted molar refractivity (Wildman–Crippen MR) is 123 cm³/mol. The lowest BCUT2D eigenvalue weighted by molar-refractivity contribution is -0.137. The Balaban J connectivity index is 1.42. The van der Waals surface area contributed by atoms with Crippen LogP contribution >= 0.6 is 0 Å². The average Bonchev–Trinajstić information content (AvgIpc) is 2.84. The second-order valence-corrected chi connectivity index (χ2v) is 9.26. The van der Waals surface area contributed by atoms with Gasteiger partial charge < -0.3 is 9.64 Å². The molecule has 2 saturated heterocycles. The summed E-state index contributed by atoms with van der Waals surface area (Å²) in [5.74, 6) is 0.187. The van der Waals surface area contributed by atoms with Gasteiger partial charge in [0.2, 0.25) is 5.88 Å². The van der Waals surface area contributed by atoms with Gasteiger partial charge in [-0.2, -0.15) is 13.2 Å². The SMILES string of the molecule is Cc1ccc(-c2ncccc2C)c(C(=O)N2CC3CCC2C(Oc2ccc(C(F)(F)F)cn2)C3)n1. The van der Waals surface area contributed by atoms with Crippen molar-refractivity contribution < 1.29 is 22.7 Å². The molecular weight excluding hydrogens is 457 g/mol. The predicted octanol–water partition coefficient (Wildman–Crippen LogP) is 5.25. The van der Waals surface area contributed by atoms with E-state index in [1.54, 1.807) is 6.20 Å². The smallest absolute Gasteiger partial charge is 0.417 e. The molecule has 2 aliphatic heterocycles. The van der Waals surface area contributed by atoms with Gasteiger partial charge in [-0.15, -0.1) is 0 Å². The third-order valence-corrected chi connectivity index (χ3v) is 6.82. The highest BCUT2D eigenvalue weighted by atomic mass is 19.4. The number of carbonyl (C=O) groups is 1. The van der Waals surface area contributed by atoms with Crippen molar-refractivity contribution in [3.8, 4) is 17.1 Å². The first-order valence-electron chi connectivity index (χ1n) is 11.6. The first-order valence-corrected chi connectivity index (χ1v) is 11.6. The molecule has 182 valence electrons. The standard InChI is InChI=1S/C26H25F3N4O2/c1-15-4-3-11-30-23(15)19-8-5-16(2)32-24(19)25(34)33-14-17-6-9-20(33)21(12-17)35-22-10-7-18(13-31-22)26(27,28)29/h3-5,7-8,10-11,13,17,20-21H,6,9,12,14H2,1-2H3. The molecule has 3 unspecified atom stereocenters. The lowest BCUT2D eigenvalue weighted by Gasteiger charge is -2.49. The van der Waals surface area contributed by atoms with Crippen molar-refractivity contribution >= 4 is 5.91 Å². The van der Waals surface area contributed by atoms with Crippen molar-refractivity contribution in [1.29, 1.82) is 0 Å². The van der Waals surface area contributed by atoms with Crippen LogP contribution in [0, 0.1) is 19.8 Å². The Morgan fingerprint density at radius 2 is 1.91 bits per heavy atom. The molecule has 6 rings (SSSR count). The number of hydrogen-bond donors (Lipinski definition) is 0. The van der Waals surface area contributed by atoms with Crippen LogP contribution in [-0.4, -0.2) is 44.4 Å². The van der Waals surface area contributed by atoms with Gasteiger partial charge in [0, 0.05) is 36.3 Å². The molecule has 5 heterocycles. The molecule has 2 bridgehead atoms. The van der Waals surface area contributed by atoms with Gasteiger partial charge in [0.15, 0.2) is 0 Å². The van der Waals surface area contributed by atoms with Crippen LogP contribution in [0.15, 0.2) is 48.8 Å². The van der Waals surface area contributed by atoms with Crippen LogP contribution in [0.5, 0.6) is 5.88 Å². The van der Waals surface area contributed by atoms with E-state index in [9.17, 15) is 18.0 Å². The molecule has 1 saturated carbocycles. The number of hydrogen-bond acceptors (Lipinski definition) is 5. The lowest BCUT2D eigenvalue weighted by Crippen LogP contribution is -2.59.